The van der Waals surface area contributed by atoms with Crippen LogP contribution >= 0.6 is 11.8 Å². The first-order valence-corrected chi connectivity index (χ1v) is 7.75. The van der Waals surface area contributed by atoms with Crippen molar-refractivity contribution in [2.75, 3.05) is 12.8 Å². The molecule has 0 saturated heterocycles. The number of rotatable bonds is 6. The number of nitrogens with one attached hydrogen (secondary N) is 1. The molecule has 0 spiro atoms. The molecule has 2 fully saturated rings. The Morgan fingerprint density at radius 3 is 2.47 bits per heavy atom. The minimum Gasteiger partial charge on any atom is -0.313 e. The molecule has 2 rings (SSSR count). The molecule has 2 saturated carbocycles. The maximum atomic E-state index is 3.75. The number of hydrogen-bond donors (Lipinski definition) is 1. The molecule has 0 amide bonds. The summed E-state index contributed by atoms with van der Waals surface area (Å²) in [5.41, 5.74) is 0. The fourth-order valence-electron chi connectivity index (χ4n) is 2.70. The summed E-state index contributed by atoms with van der Waals surface area (Å²) in [5, 5.41) is 3.75. The summed E-state index contributed by atoms with van der Waals surface area (Å²) in [4.78, 5) is 0. The average Bonchev–Trinajstić information content (AvgIpc) is 2.10. The van der Waals surface area contributed by atoms with Gasteiger partial charge in [-0.1, -0.05) is 25.7 Å². The van der Waals surface area contributed by atoms with Gasteiger partial charge in [0.1, 0.15) is 0 Å². The van der Waals surface area contributed by atoms with E-state index in [-0.39, 0.29) is 0 Å². The van der Waals surface area contributed by atoms with Crippen molar-refractivity contribution in [3.63, 3.8) is 0 Å². The Morgan fingerprint density at radius 2 is 2.07 bits per heavy atom. The van der Waals surface area contributed by atoms with Gasteiger partial charge in [-0.25, -0.2) is 0 Å². The van der Waals surface area contributed by atoms with Gasteiger partial charge in [-0.15, -0.1) is 0 Å². The van der Waals surface area contributed by atoms with E-state index in [0.29, 0.717) is 4.75 Å². The molecular formula is C13H25NS. The smallest absolute Gasteiger partial charge is 0.0281 e. The van der Waals surface area contributed by atoms with Crippen molar-refractivity contribution in [3.8, 4) is 0 Å². The third-order valence-electron chi connectivity index (χ3n) is 4.38. The zero-order valence-electron chi connectivity index (χ0n) is 10.2. The minimum atomic E-state index is 0.605. The maximum Gasteiger partial charge on any atom is 0.0281 e. The minimum absolute atomic E-state index is 0.605. The summed E-state index contributed by atoms with van der Waals surface area (Å²) < 4.78 is 0.605. The molecule has 0 aromatic carbocycles. The van der Waals surface area contributed by atoms with E-state index in [9.17, 15) is 0 Å². The molecule has 0 aromatic heterocycles. The van der Waals surface area contributed by atoms with E-state index in [1.165, 1.54) is 51.5 Å². The van der Waals surface area contributed by atoms with Crippen LogP contribution < -0.4 is 5.32 Å². The van der Waals surface area contributed by atoms with Crippen LogP contribution in [0.5, 0.6) is 0 Å². The van der Waals surface area contributed by atoms with Gasteiger partial charge in [0, 0.05) is 17.3 Å². The van der Waals surface area contributed by atoms with Gasteiger partial charge in [0.25, 0.3) is 0 Å². The van der Waals surface area contributed by atoms with E-state index in [2.05, 4.69) is 30.3 Å². The predicted octanol–water partition coefficient (Wildman–Crippen LogP) is 3.44. The molecule has 2 heteroatoms. The van der Waals surface area contributed by atoms with E-state index in [0.717, 1.165) is 12.0 Å². The van der Waals surface area contributed by atoms with E-state index < -0.39 is 0 Å². The number of thioether (sulfide) groups is 1. The first kappa shape index (κ1) is 11.8. The van der Waals surface area contributed by atoms with Crippen LogP contribution in [-0.2, 0) is 0 Å². The van der Waals surface area contributed by atoms with Crippen LogP contribution in [0.25, 0.3) is 0 Å². The molecule has 0 aliphatic heterocycles. The standard InChI is InChI=1S/C13H25NS/c1-11(9-12-5-3-6-12)14-10-13(15-2)7-4-8-13/h11-12,14H,3-10H2,1-2H3. The molecule has 88 valence electrons. The van der Waals surface area contributed by atoms with Gasteiger partial charge in [-0.3, -0.25) is 0 Å². The van der Waals surface area contributed by atoms with Crippen LogP contribution in [0.3, 0.4) is 0 Å². The molecule has 1 atom stereocenters. The average molecular weight is 227 g/mol. The summed E-state index contributed by atoms with van der Waals surface area (Å²) in [7, 11) is 0. The van der Waals surface area contributed by atoms with Crippen LogP contribution in [0.1, 0.15) is 51.9 Å². The van der Waals surface area contributed by atoms with Crippen molar-refractivity contribution >= 4 is 11.8 Å². The van der Waals surface area contributed by atoms with Gasteiger partial charge < -0.3 is 5.32 Å². The van der Waals surface area contributed by atoms with Crippen LogP contribution in [0, 0.1) is 5.92 Å². The summed E-state index contributed by atoms with van der Waals surface area (Å²) in [5.74, 6) is 1.04. The van der Waals surface area contributed by atoms with E-state index in [4.69, 9.17) is 0 Å². The first-order chi connectivity index (χ1) is 7.24. The highest BCUT2D eigenvalue weighted by Crippen LogP contribution is 2.42. The lowest BCUT2D eigenvalue weighted by molar-refractivity contribution is 0.254. The summed E-state index contributed by atoms with van der Waals surface area (Å²) in [6.45, 7) is 3.60. The topological polar surface area (TPSA) is 12.0 Å². The molecular weight excluding hydrogens is 202 g/mol. The SMILES string of the molecule is CSC1(CNC(C)CC2CCC2)CCC1. The van der Waals surface area contributed by atoms with E-state index >= 15 is 0 Å². The third kappa shape index (κ3) is 2.91. The predicted molar refractivity (Wildman–Crippen MR) is 69.5 cm³/mol. The van der Waals surface area contributed by atoms with Crippen molar-refractivity contribution in [2.45, 2.75) is 62.7 Å². The van der Waals surface area contributed by atoms with Gasteiger partial charge in [0.15, 0.2) is 0 Å². The van der Waals surface area contributed by atoms with Crippen molar-refractivity contribution in [1.29, 1.82) is 0 Å². The van der Waals surface area contributed by atoms with Crippen LogP contribution in [-0.4, -0.2) is 23.6 Å². The molecule has 1 nitrogen and oxygen atoms in total. The lowest BCUT2D eigenvalue weighted by Crippen LogP contribution is -2.46. The molecule has 2 aliphatic carbocycles. The highest BCUT2D eigenvalue weighted by Gasteiger charge is 2.36. The summed E-state index contributed by atoms with van der Waals surface area (Å²) >= 11 is 2.08. The summed E-state index contributed by atoms with van der Waals surface area (Å²) in [6.07, 6.45) is 12.4. The van der Waals surface area contributed by atoms with E-state index in [1.54, 1.807) is 0 Å². The monoisotopic (exact) mass is 227 g/mol. The van der Waals surface area contributed by atoms with Crippen molar-refractivity contribution in [3.05, 3.63) is 0 Å². The van der Waals surface area contributed by atoms with Gasteiger partial charge in [0.05, 0.1) is 0 Å². The zero-order valence-corrected chi connectivity index (χ0v) is 11.0. The molecule has 0 radical (unpaired) electrons. The Morgan fingerprint density at radius 1 is 1.33 bits per heavy atom. The second-order valence-electron chi connectivity index (χ2n) is 5.56. The first-order valence-electron chi connectivity index (χ1n) is 6.53. The Hall–Kier alpha value is 0.310. The zero-order chi connectivity index (χ0) is 10.7. The Bertz CT molecular complexity index is 191. The molecule has 1 N–H and O–H groups in total. The second-order valence-corrected chi connectivity index (χ2v) is 6.83. The Kier molecular flexibility index (Phi) is 4.00. The summed E-state index contributed by atoms with van der Waals surface area (Å²) in [6, 6.07) is 0.736. The fourth-order valence-corrected chi connectivity index (χ4v) is 3.62. The van der Waals surface area contributed by atoms with Crippen LogP contribution in [0.2, 0.25) is 0 Å². The lowest BCUT2D eigenvalue weighted by Gasteiger charge is -2.41. The normalized spacial score (nSPS) is 26.8. The van der Waals surface area contributed by atoms with Crippen LogP contribution in [0.4, 0.5) is 0 Å². The van der Waals surface area contributed by atoms with Gasteiger partial charge in [-0.2, -0.15) is 11.8 Å². The highest BCUT2D eigenvalue weighted by atomic mass is 32.2. The van der Waals surface area contributed by atoms with Crippen molar-refractivity contribution in [1.82, 2.24) is 5.32 Å². The largest absolute Gasteiger partial charge is 0.313 e. The maximum absolute atomic E-state index is 3.75. The van der Waals surface area contributed by atoms with Gasteiger partial charge >= 0.3 is 0 Å². The highest BCUT2D eigenvalue weighted by molar-refractivity contribution is 8.00. The van der Waals surface area contributed by atoms with Crippen molar-refractivity contribution in [2.24, 2.45) is 5.92 Å². The fraction of sp³-hybridized carbons (Fsp3) is 1.00. The van der Waals surface area contributed by atoms with Crippen molar-refractivity contribution < 1.29 is 0 Å². The molecule has 0 aromatic rings. The molecule has 0 heterocycles. The van der Waals surface area contributed by atoms with Crippen LogP contribution in [0.15, 0.2) is 0 Å². The third-order valence-corrected chi connectivity index (χ3v) is 5.80. The molecule has 2 aliphatic rings. The molecule has 15 heavy (non-hydrogen) atoms. The van der Waals surface area contributed by atoms with E-state index in [1.807, 2.05) is 0 Å². The quantitative estimate of drug-likeness (QED) is 0.746. The molecule has 0 bridgehead atoms. The second kappa shape index (κ2) is 5.09. The van der Waals surface area contributed by atoms with Gasteiger partial charge in [0.2, 0.25) is 0 Å². The number of hydrogen-bond acceptors (Lipinski definition) is 2. The van der Waals surface area contributed by atoms with Gasteiger partial charge in [-0.05, 0) is 38.4 Å². The lowest BCUT2D eigenvalue weighted by atomic mass is 9.80. The Labute approximate surface area is 98.8 Å². The molecule has 1 unspecified atom stereocenters. The Balaban J connectivity index is 1.63.